The maximum Gasteiger partial charge on any atom is 0.0774 e. The lowest BCUT2D eigenvalue weighted by atomic mass is 10.00. The van der Waals surface area contributed by atoms with Crippen LogP contribution in [-0.4, -0.2) is 46.2 Å². The predicted octanol–water partition coefficient (Wildman–Crippen LogP) is 1.22. The molecule has 0 aromatic carbocycles. The molecule has 0 bridgehead atoms. The van der Waals surface area contributed by atoms with Crippen molar-refractivity contribution >= 4 is 5.71 Å². The van der Waals surface area contributed by atoms with Gasteiger partial charge in [0, 0.05) is 32.5 Å². The van der Waals surface area contributed by atoms with Crippen molar-refractivity contribution in [2.24, 2.45) is 5.16 Å². The van der Waals surface area contributed by atoms with E-state index in [1.165, 1.54) is 0 Å². The lowest BCUT2D eigenvalue weighted by molar-refractivity contribution is 0.00903. The minimum Gasteiger partial charge on any atom is -0.411 e. The van der Waals surface area contributed by atoms with Crippen molar-refractivity contribution in [2.45, 2.75) is 44.1 Å². The quantitative estimate of drug-likeness (QED) is 0.534. The highest BCUT2D eigenvalue weighted by Gasteiger charge is 2.33. The summed E-state index contributed by atoms with van der Waals surface area (Å²) in [5.74, 6) is 0. The average Bonchev–Trinajstić information content (AvgIpc) is 2.66. The molecule has 1 heterocycles. The lowest BCUT2D eigenvalue weighted by Crippen LogP contribution is -2.44. The summed E-state index contributed by atoms with van der Waals surface area (Å²) in [4.78, 5) is 2.29. The predicted molar refractivity (Wildman–Crippen MR) is 58.3 cm³/mol. The largest absolute Gasteiger partial charge is 0.411 e. The van der Waals surface area contributed by atoms with Crippen LogP contribution in [-0.2, 0) is 0 Å². The van der Waals surface area contributed by atoms with Gasteiger partial charge in [0.05, 0.1) is 11.3 Å². The molecular weight excluding hydrogens is 192 g/mol. The molecule has 1 aliphatic heterocycles. The average molecular weight is 212 g/mol. The van der Waals surface area contributed by atoms with Crippen molar-refractivity contribution in [1.82, 2.24) is 4.90 Å². The number of nitrogens with zero attached hydrogens (tertiary/aromatic N) is 2. The van der Waals surface area contributed by atoms with Crippen LogP contribution in [0, 0.1) is 0 Å². The van der Waals surface area contributed by atoms with E-state index in [1.807, 2.05) is 0 Å². The number of likely N-dealkylation sites (tertiary alicyclic amines) is 1. The van der Waals surface area contributed by atoms with Gasteiger partial charge in [-0.05, 0) is 12.8 Å². The van der Waals surface area contributed by atoms with Crippen molar-refractivity contribution in [1.29, 1.82) is 0 Å². The number of hydrogen-bond donors (Lipinski definition) is 2. The van der Waals surface area contributed by atoms with Gasteiger partial charge in [-0.15, -0.1) is 0 Å². The molecular formula is C11H20N2O2. The number of piperidine rings is 1. The highest BCUT2D eigenvalue weighted by molar-refractivity contribution is 5.84. The molecule has 0 unspecified atom stereocenters. The van der Waals surface area contributed by atoms with Crippen LogP contribution in [0.2, 0.25) is 0 Å². The van der Waals surface area contributed by atoms with Crippen LogP contribution in [0.4, 0.5) is 0 Å². The van der Waals surface area contributed by atoms with Crippen LogP contribution in [0.5, 0.6) is 0 Å². The van der Waals surface area contributed by atoms with E-state index in [-0.39, 0.29) is 0 Å². The first-order chi connectivity index (χ1) is 7.22. The third kappa shape index (κ3) is 2.69. The zero-order chi connectivity index (χ0) is 10.7. The molecule has 1 aliphatic carbocycles. The zero-order valence-electron chi connectivity index (χ0n) is 9.15. The first-order valence-electron chi connectivity index (χ1n) is 5.86. The first-order valence-corrected chi connectivity index (χ1v) is 5.86. The second-order valence-electron chi connectivity index (χ2n) is 4.87. The number of β-amino-alcohol motifs (C(OH)–C–C–N with tert-alkyl or cyclic N) is 1. The molecule has 86 valence electrons. The standard InChI is InChI=1S/C11H20N2O2/c14-11(5-1-2-6-11)9-13-7-3-10(12-15)4-8-13/h14-15H,1-9H2. The van der Waals surface area contributed by atoms with Gasteiger partial charge in [-0.3, -0.25) is 4.90 Å². The number of oxime groups is 1. The minimum atomic E-state index is -0.437. The molecule has 1 saturated carbocycles. The molecule has 0 aromatic heterocycles. The fourth-order valence-electron chi connectivity index (χ4n) is 2.68. The molecule has 4 heteroatoms. The normalized spacial score (nSPS) is 26.9. The van der Waals surface area contributed by atoms with Crippen LogP contribution >= 0.6 is 0 Å². The monoisotopic (exact) mass is 212 g/mol. The molecule has 2 aliphatic rings. The minimum absolute atomic E-state index is 0.437. The van der Waals surface area contributed by atoms with Gasteiger partial charge in [0.25, 0.3) is 0 Å². The second-order valence-corrected chi connectivity index (χ2v) is 4.87. The van der Waals surface area contributed by atoms with Gasteiger partial charge in [-0.2, -0.15) is 0 Å². The Labute approximate surface area is 90.6 Å². The Kier molecular flexibility index (Phi) is 3.26. The van der Waals surface area contributed by atoms with Gasteiger partial charge in [0.1, 0.15) is 0 Å². The smallest absolute Gasteiger partial charge is 0.0774 e. The van der Waals surface area contributed by atoms with Crippen molar-refractivity contribution in [3.05, 3.63) is 0 Å². The van der Waals surface area contributed by atoms with E-state index < -0.39 is 5.60 Å². The van der Waals surface area contributed by atoms with E-state index in [4.69, 9.17) is 5.21 Å². The highest BCUT2D eigenvalue weighted by atomic mass is 16.4. The summed E-state index contributed by atoms with van der Waals surface area (Å²) in [6, 6.07) is 0. The zero-order valence-corrected chi connectivity index (χ0v) is 9.15. The van der Waals surface area contributed by atoms with E-state index in [9.17, 15) is 5.11 Å². The fraction of sp³-hybridized carbons (Fsp3) is 0.909. The summed E-state index contributed by atoms with van der Waals surface area (Å²) in [6.45, 7) is 2.63. The summed E-state index contributed by atoms with van der Waals surface area (Å²) in [6.07, 6.45) is 5.90. The molecule has 15 heavy (non-hydrogen) atoms. The van der Waals surface area contributed by atoms with Crippen molar-refractivity contribution in [3.8, 4) is 0 Å². The molecule has 2 rings (SSSR count). The van der Waals surface area contributed by atoms with Crippen LogP contribution in [0.1, 0.15) is 38.5 Å². The first kappa shape index (κ1) is 10.9. The van der Waals surface area contributed by atoms with Gasteiger partial charge in [-0.25, -0.2) is 0 Å². The van der Waals surface area contributed by atoms with Gasteiger partial charge < -0.3 is 10.3 Å². The van der Waals surface area contributed by atoms with E-state index in [0.717, 1.165) is 63.9 Å². The fourth-order valence-corrected chi connectivity index (χ4v) is 2.68. The second kappa shape index (κ2) is 4.49. The maximum absolute atomic E-state index is 10.2. The highest BCUT2D eigenvalue weighted by Crippen LogP contribution is 2.30. The van der Waals surface area contributed by atoms with Gasteiger partial charge >= 0.3 is 0 Å². The molecule has 0 amide bonds. The molecule has 4 nitrogen and oxygen atoms in total. The number of aliphatic hydroxyl groups is 1. The summed E-state index contributed by atoms with van der Waals surface area (Å²) >= 11 is 0. The molecule has 0 atom stereocenters. The Hall–Kier alpha value is -0.610. The van der Waals surface area contributed by atoms with Crippen molar-refractivity contribution in [3.63, 3.8) is 0 Å². The summed E-state index contributed by atoms with van der Waals surface area (Å²) in [5, 5.41) is 22.1. The number of hydrogen-bond acceptors (Lipinski definition) is 4. The van der Waals surface area contributed by atoms with Crippen LogP contribution in [0.15, 0.2) is 5.16 Å². The number of rotatable bonds is 2. The molecule has 2 N–H and O–H groups in total. The van der Waals surface area contributed by atoms with Crippen LogP contribution in [0.25, 0.3) is 0 Å². The Bertz CT molecular complexity index is 237. The van der Waals surface area contributed by atoms with Gasteiger partial charge in [0.15, 0.2) is 0 Å². The molecule has 0 aromatic rings. The Morgan fingerprint density at radius 1 is 1.20 bits per heavy atom. The maximum atomic E-state index is 10.2. The summed E-state index contributed by atoms with van der Waals surface area (Å²) in [7, 11) is 0. The Morgan fingerprint density at radius 3 is 2.33 bits per heavy atom. The van der Waals surface area contributed by atoms with E-state index in [0.29, 0.717) is 0 Å². The molecule has 0 radical (unpaired) electrons. The van der Waals surface area contributed by atoms with E-state index >= 15 is 0 Å². The topological polar surface area (TPSA) is 56.1 Å². The third-order valence-corrected chi connectivity index (χ3v) is 3.63. The summed E-state index contributed by atoms with van der Waals surface area (Å²) in [5.41, 5.74) is 0.457. The lowest BCUT2D eigenvalue weighted by Gasteiger charge is -2.33. The van der Waals surface area contributed by atoms with E-state index in [1.54, 1.807) is 0 Å². The van der Waals surface area contributed by atoms with Crippen molar-refractivity contribution < 1.29 is 10.3 Å². The van der Waals surface area contributed by atoms with Crippen LogP contribution in [0.3, 0.4) is 0 Å². The molecule has 0 spiro atoms. The summed E-state index contributed by atoms with van der Waals surface area (Å²) < 4.78 is 0. The Balaban J connectivity index is 1.81. The SMILES string of the molecule is ON=C1CCN(CC2(O)CCCC2)CC1. The third-order valence-electron chi connectivity index (χ3n) is 3.63. The molecule has 2 fully saturated rings. The van der Waals surface area contributed by atoms with Crippen LogP contribution < -0.4 is 0 Å². The van der Waals surface area contributed by atoms with Crippen molar-refractivity contribution in [2.75, 3.05) is 19.6 Å². The Morgan fingerprint density at radius 2 is 1.80 bits per heavy atom. The van der Waals surface area contributed by atoms with Gasteiger partial charge in [0.2, 0.25) is 0 Å². The van der Waals surface area contributed by atoms with E-state index in [2.05, 4.69) is 10.1 Å². The van der Waals surface area contributed by atoms with Gasteiger partial charge in [-0.1, -0.05) is 18.0 Å². The molecule has 1 saturated heterocycles.